The maximum Gasteiger partial charge on any atom is 0.339 e. The van der Waals surface area contributed by atoms with Crippen molar-refractivity contribution in [1.29, 1.82) is 5.26 Å². The monoisotopic (exact) mass is 297 g/mol. The molecule has 0 radical (unpaired) electrons. The average Bonchev–Trinajstić information content (AvgIpc) is 2.59. The van der Waals surface area contributed by atoms with Crippen LogP contribution in [0.25, 0.3) is 0 Å². The van der Waals surface area contributed by atoms with Gasteiger partial charge in [-0.2, -0.15) is 5.26 Å². The molecule has 0 heterocycles. The number of hydrogen-bond acceptors (Lipinski definition) is 5. The van der Waals surface area contributed by atoms with Crippen molar-refractivity contribution in [1.82, 2.24) is 0 Å². The summed E-state index contributed by atoms with van der Waals surface area (Å²) < 4.78 is 15.5. The van der Waals surface area contributed by atoms with Gasteiger partial charge in [0.1, 0.15) is 12.7 Å². The summed E-state index contributed by atoms with van der Waals surface area (Å²) in [6, 6.07) is 14.2. The lowest BCUT2D eigenvalue weighted by Gasteiger charge is -2.11. The number of esters is 1. The van der Waals surface area contributed by atoms with Gasteiger partial charge < -0.3 is 14.2 Å². The maximum atomic E-state index is 12.2. The van der Waals surface area contributed by atoms with E-state index in [-0.39, 0.29) is 17.7 Å². The zero-order chi connectivity index (χ0) is 15.9. The Labute approximate surface area is 128 Å². The molecule has 0 bridgehead atoms. The average molecular weight is 297 g/mol. The molecule has 0 fully saturated rings. The van der Waals surface area contributed by atoms with Gasteiger partial charge in [-0.3, -0.25) is 0 Å². The molecule has 2 aromatic rings. The Kier molecular flexibility index (Phi) is 4.99. The minimum atomic E-state index is -0.582. The van der Waals surface area contributed by atoms with Crippen LogP contribution < -0.4 is 9.47 Å². The van der Waals surface area contributed by atoms with Gasteiger partial charge >= 0.3 is 5.97 Å². The summed E-state index contributed by atoms with van der Waals surface area (Å²) in [5.74, 6) is 0.174. The normalized spacial score (nSPS) is 9.68. The van der Waals surface area contributed by atoms with Crippen LogP contribution in [-0.4, -0.2) is 20.2 Å². The van der Waals surface area contributed by atoms with Gasteiger partial charge in [0, 0.05) is 6.07 Å². The van der Waals surface area contributed by atoms with Crippen LogP contribution in [-0.2, 0) is 11.3 Å². The number of hydrogen-bond donors (Lipinski definition) is 0. The van der Waals surface area contributed by atoms with Gasteiger partial charge in [-0.1, -0.05) is 30.3 Å². The highest BCUT2D eigenvalue weighted by Gasteiger charge is 2.18. The molecule has 0 atom stereocenters. The first-order chi connectivity index (χ1) is 10.7. The number of ether oxygens (including phenoxy) is 3. The summed E-state index contributed by atoms with van der Waals surface area (Å²) in [5, 5.41) is 9.18. The molecule has 2 aromatic carbocycles. The SMILES string of the molecule is COc1cc(C#N)c(C(=O)OCc2ccccc2)cc1OC. The first kappa shape index (κ1) is 15.4. The van der Waals surface area contributed by atoms with Crippen LogP contribution in [0.3, 0.4) is 0 Å². The lowest BCUT2D eigenvalue weighted by molar-refractivity contribution is 0.0472. The predicted octanol–water partition coefficient (Wildman–Crippen LogP) is 2.93. The highest BCUT2D eigenvalue weighted by atomic mass is 16.5. The molecule has 0 saturated heterocycles. The zero-order valence-electron chi connectivity index (χ0n) is 12.3. The molecule has 0 aliphatic rings. The number of nitrogens with zero attached hydrogens (tertiary/aromatic N) is 1. The molecule has 0 amide bonds. The van der Waals surface area contributed by atoms with Crippen LogP contribution in [0.15, 0.2) is 42.5 Å². The summed E-state index contributed by atoms with van der Waals surface area (Å²) in [4.78, 5) is 12.2. The van der Waals surface area contributed by atoms with Gasteiger partial charge in [0.25, 0.3) is 0 Å². The van der Waals surface area contributed by atoms with Gasteiger partial charge in [-0.25, -0.2) is 4.79 Å². The first-order valence-electron chi connectivity index (χ1n) is 6.56. The Morgan fingerprint density at radius 2 is 1.73 bits per heavy atom. The van der Waals surface area contributed by atoms with E-state index >= 15 is 0 Å². The third-order valence-electron chi connectivity index (χ3n) is 3.08. The van der Waals surface area contributed by atoms with Crippen LogP contribution in [0, 0.1) is 11.3 Å². The van der Waals surface area contributed by atoms with Crippen LogP contribution in [0.5, 0.6) is 11.5 Å². The topological polar surface area (TPSA) is 68.5 Å². The number of benzene rings is 2. The van der Waals surface area contributed by atoms with Crippen molar-refractivity contribution < 1.29 is 19.0 Å². The zero-order valence-corrected chi connectivity index (χ0v) is 12.3. The summed E-state index contributed by atoms with van der Waals surface area (Å²) in [5.41, 5.74) is 1.20. The fourth-order valence-corrected chi connectivity index (χ4v) is 1.94. The Hall–Kier alpha value is -3.00. The third kappa shape index (κ3) is 3.36. The molecular weight excluding hydrogens is 282 g/mol. The molecule has 0 N–H and O–H groups in total. The molecule has 0 spiro atoms. The fraction of sp³-hybridized carbons (Fsp3) is 0.176. The molecule has 112 valence electrons. The lowest BCUT2D eigenvalue weighted by Crippen LogP contribution is -2.08. The summed E-state index contributed by atoms with van der Waals surface area (Å²) in [6.45, 7) is 0.138. The molecule has 0 aromatic heterocycles. The van der Waals surface area contributed by atoms with E-state index in [4.69, 9.17) is 14.2 Å². The van der Waals surface area contributed by atoms with Gasteiger partial charge in [0.15, 0.2) is 11.5 Å². The highest BCUT2D eigenvalue weighted by Crippen LogP contribution is 2.30. The van der Waals surface area contributed by atoms with E-state index < -0.39 is 5.97 Å². The summed E-state index contributed by atoms with van der Waals surface area (Å²) >= 11 is 0. The molecule has 0 unspecified atom stereocenters. The minimum Gasteiger partial charge on any atom is -0.493 e. The van der Waals surface area contributed by atoms with Gasteiger partial charge in [0.2, 0.25) is 0 Å². The van der Waals surface area contributed by atoms with Crippen molar-refractivity contribution in [3.63, 3.8) is 0 Å². The van der Waals surface area contributed by atoms with Crippen molar-refractivity contribution in [3.05, 3.63) is 59.2 Å². The van der Waals surface area contributed by atoms with Gasteiger partial charge in [0.05, 0.1) is 25.3 Å². The number of carbonyl (C=O) groups excluding carboxylic acids is 1. The largest absolute Gasteiger partial charge is 0.493 e. The second-order valence-electron chi connectivity index (χ2n) is 4.43. The Morgan fingerprint density at radius 1 is 1.09 bits per heavy atom. The van der Waals surface area contributed by atoms with Crippen molar-refractivity contribution in [2.24, 2.45) is 0 Å². The number of nitriles is 1. The Bertz CT molecular complexity index is 705. The van der Waals surface area contributed by atoms with Gasteiger partial charge in [-0.15, -0.1) is 0 Å². The summed E-state index contributed by atoms with van der Waals surface area (Å²) in [6.07, 6.45) is 0. The molecule has 5 heteroatoms. The standard InChI is InChI=1S/C17H15NO4/c1-20-15-8-13(10-18)14(9-16(15)21-2)17(19)22-11-12-6-4-3-5-7-12/h3-9H,11H2,1-2H3. The van der Waals surface area contributed by atoms with Crippen molar-refractivity contribution in [2.75, 3.05) is 14.2 Å². The van der Waals surface area contributed by atoms with E-state index in [0.717, 1.165) is 5.56 Å². The van der Waals surface area contributed by atoms with Crippen molar-refractivity contribution in [3.8, 4) is 17.6 Å². The quantitative estimate of drug-likeness (QED) is 0.794. The third-order valence-corrected chi connectivity index (χ3v) is 3.08. The molecular formula is C17H15NO4. The maximum absolute atomic E-state index is 12.2. The second kappa shape index (κ2) is 7.14. The predicted molar refractivity (Wildman–Crippen MR) is 79.8 cm³/mol. The number of methoxy groups -OCH3 is 2. The van der Waals surface area contributed by atoms with Crippen molar-refractivity contribution >= 4 is 5.97 Å². The van der Waals surface area contributed by atoms with Crippen LogP contribution in [0.4, 0.5) is 0 Å². The Balaban J connectivity index is 2.23. The van der Waals surface area contributed by atoms with Crippen LogP contribution in [0.2, 0.25) is 0 Å². The molecule has 0 aliphatic carbocycles. The fourth-order valence-electron chi connectivity index (χ4n) is 1.94. The molecule has 22 heavy (non-hydrogen) atoms. The highest BCUT2D eigenvalue weighted by molar-refractivity contribution is 5.93. The van der Waals surface area contributed by atoms with E-state index in [1.165, 1.54) is 26.4 Å². The smallest absolute Gasteiger partial charge is 0.339 e. The molecule has 5 nitrogen and oxygen atoms in total. The van der Waals surface area contributed by atoms with E-state index in [9.17, 15) is 10.1 Å². The first-order valence-corrected chi connectivity index (χ1v) is 6.56. The minimum absolute atomic E-state index is 0.138. The van der Waals surface area contributed by atoms with Crippen LogP contribution in [0.1, 0.15) is 21.5 Å². The second-order valence-corrected chi connectivity index (χ2v) is 4.43. The van der Waals surface area contributed by atoms with E-state index in [2.05, 4.69) is 0 Å². The van der Waals surface area contributed by atoms with E-state index in [1.807, 2.05) is 36.4 Å². The Morgan fingerprint density at radius 3 is 2.32 bits per heavy atom. The molecule has 0 aliphatic heterocycles. The van der Waals surface area contributed by atoms with E-state index in [0.29, 0.717) is 11.5 Å². The van der Waals surface area contributed by atoms with Gasteiger partial charge in [-0.05, 0) is 11.6 Å². The molecule has 0 saturated carbocycles. The number of rotatable bonds is 5. The van der Waals surface area contributed by atoms with E-state index in [1.54, 1.807) is 0 Å². The molecule has 2 rings (SSSR count). The summed E-state index contributed by atoms with van der Waals surface area (Å²) in [7, 11) is 2.93. The number of carbonyl (C=O) groups is 1. The van der Waals surface area contributed by atoms with Crippen LogP contribution >= 0.6 is 0 Å². The van der Waals surface area contributed by atoms with Crippen molar-refractivity contribution in [2.45, 2.75) is 6.61 Å². The lowest BCUT2D eigenvalue weighted by atomic mass is 10.1.